The van der Waals surface area contributed by atoms with Crippen LogP contribution in [-0.4, -0.2) is 98.6 Å². The molecule has 44 heavy (non-hydrogen) atoms. The second-order valence-corrected chi connectivity index (χ2v) is 12.3. The molecule has 2 N–H and O–H groups in total. The van der Waals surface area contributed by atoms with E-state index in [0.717, 1.165) is 32.4 Å². The quantitative estimate of drug-likeness (QED) is 0.425. The maximum absolute atomic E-state index is 13.7. The SMILES string of the molecule is CC(C)Oc1nc(NC2CCN(C(=O)c3ccccc3)CC2)cc(C(=O)N2CC[C@@H](N3CCc4ccccc4C3)[C@H](O)C2)n1. The number of piperidine rings is 2. The third kappa shape index (κ3) is 6.87. The van der Waals surface area contributed by atoms with Gasteiger partial charge in [0.25, 0.3) is 11.8 Å². The van der Waals surface area contributed by atoms with Crippen LogP contribution in [0.25, 0.3) is 0 Å². The van der Waals surface area contributed by atoms with Crippen molar-refractivity contribution in [2.24, 2.45) is 0 Å². The van der Waals surface area contributed by atoms with Gasteiger partial charge in [0.1, 0.15) is 11.5 Å². The third-order valence-electron chi connectivity index (χ3n) is 8.88. The topological polar surface area (TPSA) is 111 Å². The number of likely N-dealkylation sites (tertiary alicyclic amines) is 2. The Morgan fingerprint density at radius 3 is 2.32 bits per heavy atom. The van der Waals surface area contributed by atoms with E-state index in [1.165, 1.54) is 11.1 Å². The van der Waals surface area contributed by atoms with Gasteiger partial charge in [0.15, 0.2) is 0 Å². The van der Waals surface area contributed by atoms with Gasteiger partial charge in [-0.1, -0.05) is 42.5 Å². The number of rotatable bonds is 7. The molecule has 0 radical (unpaired) electrons. The molecule has 1 aromatic heterocycles. The molecule has 2 amide bonds. The van der Waals surface area contributed by atoms with Gasteiger partial charge in [0.05, 0.1) is 12.2 Å². The lowest BCUT2D eigenvalue weighted by Crippen LogP contribution is -2.56. The molecule has 2 atom stereocenters. The second kappa shape index (κ2) is 13.3. The van der Waals surface area contributed by atoms with E-state index in [4.69, 9.17) is 4.74 Å². The number of hydrogen-bond donors (Lipinski definition) is 2. The minimum atomic E-state index is -0.646. The van der Waals surface area contributed by atoms with E-state index in [2.05, 4.69) is 44.5 Å². The molecule has 3 aromatic rings. The summed E-state index contributed by atoms with van der Waals surface area (Å²) in [5.74, 6) is 0.325. The van der Waals surface area contributed by atoms with Gasteiger partial charge >= 0.3 is 6.01 Å². The molecule has 6 rings (SSSR count). The van der Waals surface area contributed by atoms with Gasteiger partial charge in [-0.05, 0) is 62.8 Å². The summed E-state index contributed by atoms with van der Waals surface area (Å²) in [4.78, 5) is 41.5. The summed E-state index contributed by atoms with van der Waals surface area (Å²) >= 11 is 0. The summed E-state index contributed by atoms with van der Waals surface area (Å²) in [6.07, 6.45) is 2.38. The van der Waals surface area contributed by atoms with Gasteiger partial charge in [0.2, 0.25) is 0 Å². The summed E-state index contributed by atoms with van der Waals surface area (Å²) in [6, 6.07) is 19.8. The molecule has 2 fully saturated rings. The van der Waals surface area contributed by atoms with Crippen molar-refractivity contribution in [2.75, 3.05) is 38.0 Å². The fraction of sp³-hybridized carbons (Fsp3) is 0.471. The number of carbonyl (C=O) groups excluding carboxylic acids is 2. The molecule has 2 saturated heterocycles. The molecule has 0 unspecified atom stereocenters. The first kappa shape index (κ1) is 30.0. The molecule has 0 spiro atoms. The Kier molecular flexibility index (Phi) is 9.09. The van der Waals surface area contributed by atoms with Crippen molar-refractivity contribution in [3.05, 3.63) is 83.0 Å². The predicted octanol–water partition coefficient (Wildman–Crippen LogP) is 3.61. The zero-order valence-electron chi connectivity index (χ0n) is 25.6. The highest BCUT2D eigenvalue weighted by molar-refractivity contribution is 5.94. The number of aliphatic hydroxyl groups is 1. The molecule has 0 saturated carbocycles. The first-order valence-corrected chi connectivity index (χ1v) is 15.8. The average molecular weight is 599 g/mol. The number of nitrogens with one attached hydrogen (secondary N) is 1. The lowest BCUT2D eigenvalue weighted by molar-refractivity contribution is -0.0139. The van der Waals surface area contributed by atoms with E-state index >= 15 is 0 Å². The number of fused-ring (bicyclic) bond motifs is 1. The molecule has 0 bridgehead atoms. The van der Waals surface area contributed by atoms with Crippen molar-refractivity contribution in [3.8, 4) is 6.01 Å². The van der Waals surface area contributed by atoms with Crippen LogP contribution in [0.2, 0.25) is 0 Å². The van der Waals surface area contributed by atoms with Crippen LogP contribution in [0.1, 0.15) is 65.1 Å². The second-order valence-electron chi connectivity index (χ2n) is 12.3. The summed E-state index contributed by atoms with van der Waals surface area (Å²) in [5.41, 5.74) is 3.64. The van der Waals surface area contributed by atoms with Crippen LogP contribution in [0, 0.1) is 0 Å². The van der Waals surface area contributed by atoms with Gasteiger partial charge in [-0.2, -0.15) is 9.97 Å². The Labute approximate surface area is 259 Å². The highest BCUT2D eigenvalue weighted by Crippen LogP contribution is 2.27. The summed E-state index contributed by atoms with van der Waals surface area (Å²) in [7, 11) is 0. The van der Waals surface area contributed by atoms with E-state index in [9.17, 15) is 14.7 Å². The zero-order valence-corrected chi connectivity index (χ0v) is 25.6. The van der Waals surface area contributed by atoms with Crippen LogP contribution in [0.3, 0.4) is 0 Å². The average Bonchev–Trinajstić information content (AvgIpc) is 3.04. The molecule has 3 aliphatic rings. The summed E-state index contributed by atoms with van der Waals surface area (Å²) in [5, 5.41) is 14.6. The molecule has 4 heterocycles. The van der Waals surface area contributed by atoms with Crippen LogP contribution in [0.4, 0.5) is 5.82 Å². The number of β-amino-alcohol motifs (C(OH)–C–C–N with tert-alkyl or cyclic N) is 1. The molecule has 3 aliphatic heterocycles. The van der Waals surface area contributed by atoms with Crippen LogP contribution in [0.5, 0.6) is 6.01 Å². The van der Waals surface area contributed by atoms with Gasteiger partial charge in [-0.3, -0.25) is 14.5 Å². The number of ether oxygens (including phenoxy) is 1. The first-order chi connectivity index (χ1) is 21.3. The molecule has 10 nitrogen and oxygen atoms in total. The lowest BCUT2D eigenvalue weighted by atomic mass is 9.94. The number of benzene rings is 2. The molecule has 10 heteroatoms. The fourth-order valence-corrected chi connectivity index (χ4v) is 6.56. The van der Waals surface area contributed by atoms with Crippen molar-refractivity contribution >= 4 is 17.6 Å². The Balaban J connectivity index is 1.09. The van der Waals surface area contributed by atoms with E-state index in [1.807, 2.05) is 49.1 Å². The number of aromatic nitrogens is 2. The normalized spacial score (nSPS) is 21.2. The maximum atomic E-state index is 13.7. The van der Waals surface area contributed by atoms with Crippen molar-refractivity contribution < 1.29 is 19.4 Å². The summed E-state index contributed by atoms with van der Waals surface area (Å²) < 4.78 is 5.82. The Morgan fingerprint density at radius 2 is 1.59 bits per heavy atom. The van der Waals surface area contributed by atoms with Gasteiger partial charge in [-0.25, -0.2) is 0 Å². The number of aliphatic hydroxyl groups excluding tert-OH is 1. The van der Waals surface area contributed by atoms with Crippen LogP contribution in [-0.2, 0) is 13.0 Å². The van der Waals surface area contributed by atoms with Gasteiger partial charge in [-0.15, -0.1) is 0 Å². The number of anilines is 1. The van der Waals surface area contributed by atoms with Crippen molar-refractivity contribution in [1.82, 2.24) is 24.7 Å². The molecule has 232 valence electrons. The van der Waals surface area contributed by atoms with Crippen molar-refractivity contribution in [3.63, 3.8) is 0 Å². The van der Waals surface area contributed by atoms with E-state index in [1.54, 1.807) is 11.0 Å². The number of hydrogen-bond acceptors (Lipinski definition) is 8. The smallest absolute Gasteiger partial charge is 0.319 e. The van der Waals surface area contributed by atoms with Crippen LogP contribution >= 0.6 is 0 Å². The third-order valence-corrected chi connectivity index (χ3v) is 8.88. The minimum absolute atomic E-state index is 0.00880. The Bertz CT molecular complexity index is 1460. The minimum Gasteiger partial charge on any atom is -0.461 e. The van der Waals surface area contributed by atoms with E-state index in [-0.39, 0.29) is 48.3 Å². The molecular formula is C34H42N6O4. The number of carbonyl (C=O) groups is 2. The summed E-state index contributed by atoms with van der Waals surface area (Å²) in [6.45, 7) is 7.57. The number of nitrogens with zero attached hydrogens (tertiary/aromatic N) is 5. The highest BCUT2D eigenvalue weighted by Gasteiger charge is 2.36. The van der Waals surface area contributed by atoms with Crippen LogP contribution in [0.15, 0.2) is 60.7 Å². The maximum Gasteiger partial charge on any atom is 0.319 e. The van der Waals surface area contributed by atoms with Gasteiger partial charge in [0, 0.05) is 63.0 Å². The van der Waals surface area contributed by atoms with E-state index < -0.39 is 6.10 Å². The molecule has 2 aromatic carbocycles. The zero-order chi connectivity index (χ0) is 30.6. The standard InChI is InChI=1S/C34H42N6O4/c1-23(2)44-34-36-28(20-31(37-34)35-27-13-17-38(18-14-27)32(42)25-9-4-3-5-10-25)33(43)40-19-15-29(30(41)22-40)39-16-12-24-8-6-7-11-26(24)21-39/h3-11,20,23,27,29-30,41H,12-19,21-22H2,1-2H3,(H,35,36,37)/t29-,30-/m1/s1. The van der Waals surface area contributed by atoms with E-state index in [0.29, 0.717) is 37.4 Å². The Morgan fingerprint density at radius 1 is 0.886 bits per heavy atom. The predicted molar refractivity (Wildman–Crippen MR) is 168 cm³/mol. The molecular weight excluding hydrogens is 556 g/mol. The highest BCUT2D eigenvalue weighted by atomic mass is 16.5. The largest absolute Gasteiger partial charge is 0.461 e. The van der Waals surface area contributed by atoms with Crippen LogP contribution < -0.4 is 10.1 Å². The number of amides is 2. The van der Waals surface area contributed by atoms with Gasteiger partial charge < -0.3 is 25.0 Å². The first-order valence-electron chi connectivity index (χ1n) is 15.8. The lowest BCUT2D eigenvalue weighted by Gasteiger charge is -2.43. The van der Waals surface area contributed by atoms with Crippen molar-refractivity contribution in [2.45, 2.75) is 70.4 Å². The monoisotopic (exact) mass is 598 g/mol. The fourth-order valence-electron chi connectivity index (χ4n) is 6.56. The van der Waals surface area contributed by atoms with Crippen molar-refractivity contribution in [1.29, 1.82) is 0 Å². The Hall–Kier alpha value is -4.02. The molecule has 0 aliphatic carbocycles.